The molecule has 3 heteroatoms. The summed E-state index contributed by atoms with van der Waals surface area (Å²) in [6.45, 7) is 15.3. The summed E-state index contributed by atoms with van der Waals surface area (Å²) in [5, 5.41) is 4.99. The first-order valence-electron chi connectivity index (χ1n) is 9.30. The fourth-order valence-corrected chi connectivity index (χ4v) is 10.5. The molecule has 1 nitrogen and oxygen atoms in total. The van der Waals surface area contributed by atoms with Gasteiger partial charge >= 0.3 is 116 Å². The fraction of sp³-hybridized carbons (Fsp3) is 0.478. The summed E-state index contributed by atoms with van der Waals surface area (Å²) >= 11 is -2.10. The third-order valence-electron chi connectivity index (χ3n) is 4.19. The molecule has 0 aromatic heterocycles. The van der Waals surface area contributed by atoms with Crippen molar-refractivity contribution in [2.24, 2.45) is 0 Å². The number of hydrogen-bond donors (Lipinski definition) is 1. The van der Waals surface area contributed by atoms with Gasteiger partial charge in [-0.25, -0.2) is 0 Å². The monoisotopic (exact) mass is 407 g/mol. The van der Waals surface area contributed by atoms with Crippen LogP contribution in [0.3, 0.4) is 0 Å². The van der Waals surface area contributed by atoms with Crippen molar-refractivity contribution in [1.82, 2.24) is 3.80 Å². The van der Waals surface area contributed by atoms with Crippen molar-refractivity contribution in [3.05, 3.63) is 64.8 Å². The summed E-state index contributed by atoms with van der Waals surface area (Å²) in [7, 11) is 0. The Morgan fingerprint density at radius 2 is 1.69 bits per heavy atom. The Morgan fingerprint density at radius 3 is 2.15 bits per heavy atom. The number of benzene rings is 1. The second-order valence-corrected chi connectivity index (χ2v) is 15.5. The van der Waals surface area contributed by atoms with E-state index in [0.29, 0.717) is 4.22 Å². The van der Waals surface area contributed by atoms with Gasteiger partial charge in [0.25, 0.3) is 0 Å². The van der Waals surface area contributed by atoms with Gasteiger partial charge in [0.05, 0.1) is 0 Å². The summed E-state index contributed by atoms with van der Waals surface area (Å²) < 4.78 is 4.61. The molecule has 0 amide bonds. The van der Waals surface area contributed by atoms with Gasteiger partial charge in [-0.15, -0.1) is 0 Å². The number of nitrogens with one attached hydrogen (secondary N) is 1. The smallest absolute Gasteiger partial charge is 0.0149 e. The van der Waals surface area contributed by atoms with Gasteiger partial charge < -0.3 is 0 Å². The first kappa shape index (κ1) is 25.3. The van der Waals surface area contributed by atoms with Crippen LogP contribution in [0.4, 0.5) is 0 Å². The second-order valence-electron chi connectivity index (χ2n) is 8.82. The van der Waals surface area contributed by atoms with Crippen molar-refractivity contribution in [2.45, 2.75) is 68.7 Å². The Balaban J connectivity index is 0.000000673. The topological polar surface area (TPSA) is 12.0 Å². The molecule has 1 aliphatic rings. The Bertz CT molecular complexity index is 659. The van der Waals surface area contributed by atoms with Crippen LogP contribution in [0.1, 0.15) is 63.8 Å². The van der Waals surface area contributed by atoms with Crippen LogP contribution in [0.25, 0.3) is 6.08 Å². The van der Waals surface area contributed by atoms with Crippen molar-refractivity contribution in [3.8, 4) is 0 Å². The van der Waals surface area contributed by atoms with E-state index in [0.717, 1.165) is 0 Å². The van der Waals surface area contributed by atoms with Gasteiger partial charge in [-0.05, 0) is 31.7 Å². The average Bonchev–Trinajstić information content (AvgIpc) is 2.79. The molecule has 0 bridgehead atoms. The Hall–Kier alpha value is -0.669. The molecule has 0 saturated heterocycles. The van der Waals surface area contributed by atoms with E-state index in [1.54, 1.807) is 0 Å². The van der Waals surface area contributed by atoms with Crippen LogP contribution in [0.15, 0.2) is 53.6 Å². The van der Waals surface area contributed by atoms with E-state index in [9.17, 15) is 0 Å². The molecule has 0 radical (unpaired) electrons. The predicted octanol–water partition coefficient (Wildman–Crippen LogP) is 5.77. The minimum atomic E-state index is -2.10. The predicted molar refractivity (Wildman–Crippen MR) is 123 cm³/mol. The van der Waals surface area contributed by atoms with Crippen molar-refractivity contribution in [2.75, 3.05) is 0 Å². The molecule has 0 saturated carbocycles. The van der Waals surface area contributed by atoms with Gasteiger partial charge in [0.1, 0.15) is 0 Å². The maximum absolute atomic E-state index is 3.96. The summed E-state index contributed by atoms with van der Waals surface area (Å²) in [6, 6.07) is 8.87. The largest absolute Gasteiger partial charge is 0.0877 e. The first-order chi connectivity index (χ1) is 11.5. The van der Waals surface area contributed by atoms with E-state index in [1.165, 1.54) is 22.3 Å². The van der Waals surface area contributed by atoms with Crippen LogP contribution in [-0.2, 0) is 16.8 Å². The Kier molecular flexibility index (Phi) is 10.3. The zero-order valence-electron chi connectivity index (χ0n) is 17.7. The zero-order valence-corrected chi connectivity index (χ0v) is 19.3. The van der Waals surface area contributed by atoms with Crippen molar-refractivity contribution < 1.29 is 16.8 Å². The molecule has 0 fully saturated rings. The zero-order chi connectivity index (χ0) is 19.3. The van der Waals surface area contributed by atoms with Crippen LogP contribution >= 0.6 is 0 Å². The molecule has 26 heavy (non-hydrogen) atoms. The Labute approximate surface area is 170 Å². The molecule has 0 spiro atoms. The molecule has 146 valence electrons. The summed E-state index contributed by atoms with van der Waals surface area (Å²) in [6.07, 6.45) is 8.51. The van der Waals surface area contributed by atoms with Gasteiger partial charge in [-0.2, -0.15) is 0 Å². The molecule has 1 aliphatic carbocycles. The molecule has 2 rings (SSSR count). The molecular weight excluding hydrogens is 366 g/mol. The summed E-state index contributed by atoms with van der Waals surface area (Å²) in [5.74, 6) is 0. The fourth-order valence-electron chi connectivity index (χ4n) is 3.76. The van der Waals surface area contributed by atoms with Gasteiger partial charge in [-0.3, -0.25) is 0 Å². The van der Waals surface area contributed by atoms with Crippen LogP contribution in [0, 0.1) is 0 Å². The van der Waals surface area contributed by atoms with Crippen LogP contribution in [0.5, 0.6) is 0 Å². The van der Waals surface area contributed by atoms with Crippen LogP contribution in [0.2, 0.25) is 10.5 Å². The van der Waals surface area contributed by atoms with Gasteiger partial charge in [0.15, 0.2) is 0 Å². The first-order valence-corrected chi connectivity index (χ1v) is 14.1. The van der Waals surface area contributed by atoms with E-state index >= 15 is 0 Å². The van der Waals surface area contributed by atoms with E-state index < -0.39 is 16.8 Å². The van der Waals surface area contributed by atoms with E-state index in [-0.39, 0.29) is 16.5 Å². The molecule has 1 aromatic rings. The number of fused-ring (bicyclic) bond motifs is 1. The Morgan fingerprint density at radius 1 is 1.12 bits per heavy atom. The van der Waals surface area contributed by atoms with Crippen LogP contribution in [-0.4, -0.2) is 16.5 Å². The maximum Gasteiger partial charge on any atom is -0.0149 e. The van der Waals surface area contributed by atoms with Crippen molar-refractivity contribution in [1.29, 1.82) is 0 Å². The van der Waals surface area contributed by atoms with E-state index in [2.05, 4.69) is 92.2 Å². The van der Waals surface area contributed by atoms with Crippen molar-refractivity contribution >= 4 is 17.0 Å². The molecular formula is C23H41NSiTi. The van der Waals surface area contributed by atoms with Gasteiger partial charge in [0.2, 0.25) is 0 Å². The third-order valence-corrected chi connectivity index (χ3v) is 9.81. The molecule has 1 unspecified atom stereocenters. The van der Waals surface area contributed by atoms with Gasteiger partial charge in [-0.1, -0.05) is 23.8 Å². The normalized spacial score (nSPS) is 16.2. The molecule has 1 N–H and O–H groups in total. The minimum absolute atomic E-state index is 0. The number of rotatable bonds is 3. The summed E-state index contributed by atoms with van der Waals surface area (Å²) in [4.78, 5) is 0. The van der Waals surface area contributed by atoms with Crippen LogP contribution < -0.4 is 3.80 Å². The minimum Gasteiger partial charge on any atom is -0.0877 e. The van der Waals surface area contributed by atoms with E-state index in [4.69, 9.17) is 0 Å². The summed E-state index contributed by atoms with van der Waals surface area (Å²) in [5.41, 5.74) is 6.06. The average molecular weight is 408 g/mol. The molecule has 0 heterocycles. The number of hydrogen-bond acceptors (Lipinski definition) is 1. The third kappa shape index (κ3) is 7.92. The molecule has 1 atom stereocenters. The SMILES string of the molecule is CC1=Cc2ccccc2[CH]1[Ti]([CH3])([CH3])[NH]C(C)(C)C.CC=CC=C(C)C.[SiH4]. The number of allylic oxidation sites excluding steroid dienone is 5. The van der Waals surface area contributed by atoms with Crippen molar-refractivity contribution in [3.63, 3.8) is 0 Å². The quantitative estimate of drug-likeness (QED) is 0.495. The maximum atomic E-state index is 3.96. The second kappa shape index (κ2) is 10.6. The molecule has 1 aromatic carbocycles. The molecule has 0 aliphatic heterocycles. The standard InChI is InChI=1S/C10H9.C7H12.C4H10N.2CH3.H4Si.Ti/c1-8-6-9-4-2-3-5-10(9)7-8;1-4-5-6-7(2)3;1-4(2,3)5;;;;/h2-7H,1H3;4-6H,1-3H3;5H,1-3H3;2*1H3;1H4;/q;;-1;;;;+1. The van der Waals surface area contributed by atoms with E-state index in [1.807, 2.05) is 19.1 Å². The van der Waals surface area contributed by atoms with Gasteiger partial charge in [0, 0.05) is 0 Å².